The van der Waals surface area contributed by atoms with Gasteiger partial charge in [0, 0.05) is 17.8 Å². The van der Waals surface area contributed by atoms with Gasteiger partial charge in [-0.1, -0.05) is 19.1 Å². The van der Waals surface area contributed by atoms with Crippen LogP contribution in [0.3, 0.4) is 0 Å². The van der Waals surface area contributed by atoms with Gasteiger partial charge in [0.25, 0.3) is 0 Å². The summed E-state index contributed by atoms with van der Waals surface area (Å²) in [7, 11) is -2.37. The largest absolute Gasteiger partial charge is 0.447 e. The highest BCUT2D eigenvalue weighted by atomic mass is 28.4. The molecule has 6 nitrogen and oxygen atoms in total. The lowest BCUT2D eigenvalue weighted by Crippen LogP contribution is -2.40. The van der Waals surface area contributed by atoms with Gasteiger partial charge in [-0.2, -0.15) is 0 Å². The van der Waals surface area contributed by atoms with E-state index in [-0.39, 0.29) is 36.4 Å². The number of amides is 1. The maximum absolute atomic E-state index is 11.8. The minimum absolute atomic E-state index is 0.0626. The first-order valence-corrected chi connectivity index (χ1v) is 12.9. The highest BCUT2D eigenvalue weighted by Crippen LogP contribution is 2.45. The van der Waals surface area contributed by atoms with Crippen LogP contribution in [0.15, 0.2) is 24.3 Å². The molecule has 2 aliphatic heterocycles. The Morgan fingerprint density at radius 1 is 1.26 bits per heavy atom. The van der Waals surface area contributed by atoms with Crippen molar-refractivity contribution in [3.05, 3.63) is 29.8 Å². The Balaban J connectivity index is 1.65. The molecule has 0 aliphatic carbocycles. The second-order valence-corrected chi connectivity index (χ2v) is 12.2. The molecule has 7 heteroatoms. The molecule has 27 heavy (non-hydrogen) atoms. The first-order chi connectivity index (χ1) is 12.8. The lowest BCUT2D eigenvalue weighted by molar-refractivity contribution is 0.0192. The van der Waals surface area contributed by atoms with E-state index < -0.39 is 8.32 Å². The second kappa shape index (κ2) is 8.30. The molecular weight excluding hydrogens is 362 g/mol. The molecular formula is C20H31NO5Si. The summed E-state index contributed by atoms with van der Waals surface area (Å²) in [6.07, 6.45) is 2.01. The van der Waals surface area contributed by atoms with Crippen molar-refractivity contribution in [3.63, 3.8) is 0 Å². The predicted molar refractivity (Wildman–Crippen MR) is 106 cm³/mol. The van der Waals surface area contributed by atoms with Crippen molar-refractivity contribution in [2.24, 2.45) is 5.92 Å². The van der Waals surface area contributed by atoms with Gasteiger partial charge in [0.2, 0.25) is 0 Å². The zero-order valence-corrected chi connectivity index (χ0v) is 17.4. The van der Waals surface area contributed by atoms with Crippen molar-refractivity contribution < 1.29 is 24.2 Å². The number of hydrogen-bond donors (Lipinski definition) is 2. The molecule has 2 saturated heterocycles. The van der Waals surface area contributed by atoms with E-state index in [4.69, 9.17) is 9.47 Å². The van der Waals surface area contributed by atoms with Gasteiger partial charge in [-0.3, -0.25) is 4.90 Å². The number of cyclic esters (lactones) is 1. The molecule has 2 N–H and O–H groups in total. The summed E-state index contributed by atoms with van der Waals surface area (Å²) in [4.78, 5) is 24.1. The molecule has 1 aromatic rings. The Morgan fingerprint density at radius 2 is 2.04 bits per heavy atom. The lowest BCUT2D eigenvalue weighted by atomic mass is 9.95. The summed E-state index contributed by atoms with van der Waals surface area (Å²) >= 11 is 0. The zero-order chi connectivity index (χ0) is 19.6. The van der Waals surface area contributed by atoms with Gasteiger partial charge in [0.15, 0.2) is 8.32 Å². The molecule has 4 atom stereocenters. The molecule has 150 valence electrons. The number of aliphatic hydroxyl groups is 1. The maximum Gasteiger partial charge on any atom is 0.414 e. The Bertz CT molecular complexity index is 662. The number of rotatable bonds is 7. The number of aryl methyl sites for hydroxylation is 1. The van der Waals surface area contributed by atoms with Crippen LogP contribution in [0.2, 0.25) is 18.6 Å². The van der Waals surface area contributed by atoms with Crippen LogP contribution in [-0.4, -0.2) is 56.3 Å². The van der Waals surface area contributed by atoms with Crippen molar-refractivity contribution >= 4 is 20.1 Å². The molecule has 0 spiro atoms. The average molecular weight is 394 g/mol. The van der Waals surface area contributed by atoms with Crippen LogP contribution in [-0.2, 0) is 15.9 Å². The highest BCUT2D eigenvalue weighted by molar-refractivity contribution is 6.71. The average Bonchev–Trinajstić information content (AvgIpc) is 3.16. The molecule has 0 aromatic heterocycles. The van der Waals surface area contributed by atoms with Gasteiger partial charge < -0.3 is 19.4 Å². The molecule has 1 amide bonds. The molecule has 0 saturated carbocycles. The van der Waals surface area contributed by atoms with E-state index in [2.05, 4.69) is 13.0 Å². The third-order valence-corrected chi connectivity index (χ3v) is 8.36. The number of benzene rings is 1. The Morgan fingerprint density at radius 3 is 2.67 bits per heavy atom. The van der Waals surface area contributed by atoms with Crippen LogP contribution in [0.1, 0.15) is 25.3 Å². The maximum atomic E-state index is 11.8. The number of anilines is 1. The van der Waals surface area contributed by atoms with Crippen molar-refractivity contribution in [2.45, 2.75) is 57.0 Å². The zero-order valence-electron chi connectivity index (χ0n) is 16.4. The van der Waals surface area contributed by atoms with Crippen molar-refractivity contribution in [1.29, 1.82) is 0 Å². The molecule has 2 heterocycles. The van der Waals surface area contributed by atoms with E-state index in [1.165, 1.54) is 0 Å². The van der Waals surface area contributed by atoms with Crippen molar-refractivity contribution in [3.8, 4) is 0 Å². The number of ether oxygens (including phenoxy) is 2. The van der Waals surface area contributed by atoms with Crippen LogP contribution in [0.25, 0.3) is 0 Å². The van der Waals surface area contributed by atoms with Gasteiger partial charge in [-0.05, 0) is 56.0 Å². The van der Waals surface area contributed by atoms with Crippen molar-refractivity contribution in [2.75, 3.05) is 24.7 Å². The van der Waals surface area contributed by atoms with E-state index in [0.29, 0.717) is 19.6 Å². The Labute approximate surface area is 162 Å². The van der Waals surface area contributed by atoms with Gasteiger partial charge >= 0.3 is 6.09 Å². The van der Waals surface area contributed by atoms with Crippen LogP contribution < -0.4 is 4.90 Å². The van der Waals surface area contributed by atoms with E-state index in [1.54, 1.807) is 4.90 Å². The van der Waals surface area contributed by atoms with Gasteiger partial charge in [0.1, 0.15) is 6.61 Å². The fourth-order valence-electron chi connectivity index (χ4n) is 4.62. The number of carbonyl (C=O) groups is 1. The summed E-state index contributed by atoms with van der Waals surface area (Å²) in [5, 5.41) is 9.36. The molecule has 3 rings (SSSR count). The SMILES string of the molecule is C[C@H]1[C@H]([Si](C)(C)O)[C@@H](CCO)O[C@H]1CCc1cccc(N2CCOC2=O)c1. The molecule has 2 fully saturated rings. The summed E-state index contributed by atoms with van der Waals surface area (Å²) in [5.74, 6) is 0.268. The number of nitrogens with zero attached hydrogens (tertiary/aromatic N) is 1. The fourth-order valence-corrected chi connectivity index (χ4v) is 7.28. The first kappa shape index (κ1) is 20.3. The van der Waals surface area contributed by atoms with Crippen LogP contribution in [0, 0.1) is 5.92 Å². The quantitative estimate of drug-likeness (QED) is 0.697. The van der Waals surface area contributed by atoms with Crippen LogP contribution in [0.5, 0.6) is 0 Å². The Hall–Kier alpha value is -1.41. The summed E-state index contributed by atoms with van der Waals surface area (Å²) < 4.78 is 11.3. The lowest BCUT2D eigenvalue weighted by Gasteiger charge is -2.30. The highest BCUT2D eigenvalue weighted by Gasteiger charge is 2.49. The van der Waals surface area contributed by atoms with Gasteiger partial charge in [-0.15, -0.1) is 0 Å². The molecule has 2 aliphatic rings. The minimum Gasteiger partial charge on any atom is -0.447 e. The second-order valence-electron chi connectivity index (χ2n) is 8.24. The minimum atomic E-state index is -2.37. The van der Waals surface area contributed by atoms with Gasteiger partial charge in [-0.25, -0.2) is 4.79 Å². The van der Waals surface area contributed by atoms with Crippen LogP contribution in [0.4, 0.5) is 10.5 Å². The van der Waals surface area contributed by atoms with E-state index >= 15 is 0 Å². The molecule has 1 aromatic carbocycles. The smallest absolute Gasteiger partial charge is 0.414 e. The summed E-state index contributed by atoms with van der Waals surface area (Å²) in [6, 6.07) is 8.01. The third kappa shape index (κ3) is 4.54. The van der Waals surface area contributed by atoms with E-state index in [1.807, 2.05) is 31.3 Å². The van der Waals surface area contributed by atoms with Gasteiger partial charge in [0.05, 0.1) is 18.8 Å². The number of aliphatic hydroxyl groups excluding tert-OH is 1. The molecule has 0 bridgehead atoms. The molecule has 0 unspecified atom stereocenters. The first-order valence-electron chi connectivity index (χ1n) is 9.83. The van der Waals surface area contributed by atoms with Crippen LogP contribution >= 0.6 is 0 Å². The Kier molecular flexibility index (Phi) is 6.25. The molecule has 0 radical (unpaired) electrons. The number of hydrogen-bond acceptors (Lipinski definition) is 5. The third-order valence-electron chi connectivity index (χ3n) is 5.83. The topological polar surface area (TPSA) is 79.2 Å². The monoisotopic (exact) mass is 393 g/mol. The normalized spacial score (nSPS) is 28.6. The fraction of sp³-hybridized carbons (Fsp3) is 0.650. The summed E-state index contributed by atoms with van der Waals surface area (Å²) in [6.45, 7) is 7.19. The van der Waals surface area contributed by atoms with E-state index in [0.717, 1.165) is 24.1 Å². The van der Waals surface area contributed by atoms with E-state index in [9.17, 15) is 14.7 Å². The van der Waals surface area contributed by atoms with Crippen molar-refractivity contribution in [1.82, 2.24) is 0 Å². The standard InChI is InChI=1S/C20H31NO5Si/c1-14-17(26-18(9-11-22)19(14)27(2,3)24)8-7-15-5-4-6-16(13-15)21-10-12-25-20(21)23/h4-6,13-14,17-19,22,24H,7-12H2,1-3H3/t14-,17+,18-,19+/m1/s1. The summed E-state index contributed by atoms with van der Waals surface area (Å²) in [5.41, 5.74) is 2.17. The predicted octanol–water partition coefficient (Wildman–Crippen LogP) is 2.93. The number of carbonyl (C=O) groups excluding carboxylic acids is 1.